The van der Waals surface area contributed by atoms with Crippen LogP contribution < -0.4 is 4.72 Å². The number of sulfonamides is 1. The molecular weight excluding hydrogens is 334 g/mol. The zero-order chi connectivity index (χ0) is 15.5. The van der Waals surface area contributed by atoms with Gasteiger partial charge in [-0.05, 0) is 43.9 Å². The van der Waals surface area contributed by atoms with Crippen molar-refractivity contribution >= 4 is 29.8 Å². The van der Waals surface area contributed by atoms with E-state index >= 15 is 0 Å². The standard InChI is InChI=1S/C13H16ClNO4S2/c14-20(16,17)12-6-3-7-13(10-12)21(18,19)15-9-8-11-4-1-2-5-11/h3-4,6-7,10,15H,1-2,5,8-9H2. The summed E-state index contributed by atoms with van der Waals surface area (Å²) >= 11 is 0. The molecule has 5 nitrogen and oxygen atoms in total. The molecular formula is C13H16ClNO4S2. The smallest absolute Gasteiger partial charge is 0.211 e. The second kappa shape index (κ2) is 6.48. The van der Waals surface area contributed by atoms with E-state index in [0.717, 1.165) is 25.3 Å². The molecule has 0 amide bonds. The van der Waals surface area contributed by atoms with Gasteiger partial charge in [-0.3, -0.25) is 0 Å². The van der Waals surface area contributed by atoms with Gasteiger partial charge in [0.25, 0.3) is 9.05 Å². The highest BCUT2D eigenvalue weighted by atomic mass is 35.7. The van der Waals surface area contributed by atoms with E-state index in [0.29, 0.717) is 13.0 Å². The molecule has 0 aromatic heterocycles. The number of rotatable bonds is 6. The molecule has 1 aliphatic carbocycles. The van der Waals surface area contributed by atoms with Crippen molar-refractivity contribution in [3.05, 3.63) is 35.9 Å². The maximum Gasteiger partial charge on any atom is 0.261 e. The van der Waals surface area contributed by atoms with Crippen molar-refractivity contribution in [3.63, 3.8) is 0 Å². The van der Waals surface area contributed by atoms with Gasteiger partial charge in [0.1, 0.15) is 0 Å². The first-order valence-electron chi connectivity index (χ1n) is 6.51. The summed E-state index contributed by atoms with van der Waals surface area (Å²) < 4.78 is 49.2. The number of benzene rings is 1. The number of hydrogen-bond acceptors (Lipinski definition) is 4. The molecule has 0 atom stereocenters. The van der Waals surface area contributed by atoms with Crippen molar-refractivity contribution in [2.24, 2.45) is 0 Å². The van der Waals surface area contributed by atoms with Crippen LogP contribution >= 0.6 is 10.7 Å². The van der Waals surface area contributed by atoms with Crippen LogP contribution in [0.4, 0.5) is 0 Å². The molecule has 8 heteroatoms. The Balaban J connectivity index is 2.08. The van der Waals surface area contributed by atoms with Gasteiger partial charge >= 0.3 is 0 Å². The van der Waals surface area contributed by atoms with Crippen LogP contribution in [0, 0.1) is 0 Å². The predicted molar refractivity (Wildman–Crippen MR) is 81.2 cm³/mol. The second-order valence-corrected chi connectivity index (χ2v) is 9.15. The summed E-state index contributed by atoms with van der Waals surface area (Å²) in [6.07, 6.45) is 6.00. The van der Waals surface area contributed by atoms with E-state index in [1.807, 2.05) is 0 Å². The van der Waals surface area contributed by atoms with Crippen LogP contribution in [0.25, 0.3) is 0 Å². The van der Waals surface area contributed by atoms with Gasteiger partial charge in [0, 0.05) is 17.2 Å². The molecule has 1 aromatic carbocycles. The van der Waals surface area contributed by atoms with E-state index in [1.165, 1.54) is 23.8 Å². The molecule has 21 heavy (non-hydrogen) atoms. The fourth-order valence-electron chi connectivity index (χ4n) is 2.19. The molecule has 0 saturated heterocycles. The first-order valence-corrected chi connectivity index (χ1v) is 10.3. The Morgan fingerprint density at radius 3 is 2.48 bits per heavy atom. The third kappa shape index (κ3) is 4.54. The van der Waals surface area contributed by atoms with Gasteiger partial charge in [0.2, 0.25) is 10.0 Å². The lowest BCUT2D eigenvalue weighted by molar-refractivity contribution is 0.581. The fraction of sp³-hybridized carbons (Fsp3) is 0.385. The Morgan fingerprint density at radius 2 is 1.86 bits per heavy atom. The molecule has 0 unspecified atom stereocenters. The highest BCUT2D eigenvalue weighted by molar-refractivity contribution is 8.13. The van der Waals surface area contributed by atoms with E-state index in [2.05, 4.69) is 10.8 Å². The zero-order valence-corrected chi connectivity index (χ0v) is 13.6. The lowest BCUT2D eigenvalue weighted by atomic mass is 10.2. The quantitative estimate of drug-likeness (QED) is 0.631. The third-order valence-corrected chi connectivity index (χ3v) is 6.08. The minimum Gasteiger partial charge on any atom is -0.211 e. The number of halogens is 1. The minimum atomic E-state index is -3.95. The molecule has 0 bridgehead atoms. The number of allylic oxidation sites excluding steroid dienone is 1. The topological polar surface area (TPSA) is 80.3 Å². The van der Waals surface area contributed by atoms with Crippen molar-refractivity contribution in [2.45, 2.75) is 35.5 Å². The Kier molecular flexibility index (Phi) is 5.08. The van der Waals surface area contributed by atoms with Gasteiger partial charge in [0.15, 0.2) is 0 Å². The minimum absolute atomic E-state index is 0.107. The molecule has 0 radical (unpaired) electrons. The Morgan fingerprint density at radius 1 is 1.14 bits per heavy atom. The molecule has 0 heterocycles. The SMILES string of the molecule is O=S(=O)(Cl)c1cccc(S(=O)(=O)NCCC2=CCCC2)c1. The average Bonchev–Trinajstić information content (AvgIpc) is 2.91. The van der Waals surface area contributed by atoms with Crippen LogP contribution in [-0.4, -0.2) is 23.4 Å². The van der Waals surface area contributed by atoms with E-state index < -0.39 is 19.1 Å². The first kappa shape index (κ1) is 16.5. The molecule has 0 aliphatic heterocycles. The predicted octanol–water partition coefficient (Wildman–Crippen LogP) is 2.39. The summed E-state index contributed by atoms with van der Waals surface area (Å²) in [6.45, 7) is 0.298. The van der Waals surface area contributed by atoms with Crippen LogP contribution in [0.1, 0.15) is 25.7 Å². The Labute approximate surface area is 129 Å². The lowest BCUT2D eigenvalue weighted by Crippen LogP contribution is -2.25. The lowest BCUT2D eigenvalue weighted by Gasteiger charge is -2.08. The summed E-state index contributed by atoms with van der Waals surface area (Å²) in [5.74, 6) is 0. The van der Waals surface area contributed by atoms with Crippen molar-refractivity contribution in [2.75, 3.05) is 6.54 Å². The zero-order valence-electron chi connectivity index (χ0n) is 11.2. The molecule has 1 aromatic rings. The van der Waals surface area contributed by atoms with Crippen molar-refractivity contribution in [1.29, 1.82) is 0 Å². The van der Waals surface area contributed by atoms with Crippen LogP contribution in [0.15, 0.2) is 45.7 Å². The van der Waals surface area contributed by atoms with Crippen molar-refractivity contribution in [1.82, 2.24) is 4.72 Å². The van der Waals surface area contributed by atoms with Gasteiger partial charge < -0.3 is 0 Å². The maximum absolute atomic E-state index is 12.1. The van der Waals surface area contributed by atoms with Crippen molar-refractivity contribution < 1.29 is 16.8 Å². The van der Waals surface area contributed by atoms with Crippen LogP contribution in [0.2, 0.25) is 0 Å². The van der Waals surface area contributed by atoms with E-state index in [4.69, 9.17) is 10.7 Å². The fourth-order valence-corrected chi connectivity index (χ4v) is 4.14. The molecule has 2 rings (SSSR count). The van der Waals surface area contributed by atoms with Crippen LogP contribution in [0.5, 0.6) is 0 Å². The van der Waals surface area contributed by atoms with E-state index in [-0.39, 0.29) is 9.79 Å². The van der Waals surface area contributed by atoms with Crippen LogP contribution in [0.3, 0.4) is 0 Å². The monoisotopic (exact) mass is 349 g/mol. The largest absolute Gasteiger partial charge is 0.261 e. The molecule has 0 fully saturated rings. The normalized spacial score (nSPS) is 16.0. The molecule has 0 saturated carbocycles. The van der Waals surface area contributed by atoms with Crippen molar-refractivity contribution in [3.8, 4) is 0 Å². The molecule has 116 valence electrons. The summed E-state index contributed by atoms with van der Waals surface area (Å²) in [5.41, 5.74) is 1.26. The first-order chi connectivity index (χ1) is 9.79. The van der Waals surface area contributed by atoms with Gasteiger partial charge in [-0.1, -0.05) is 17.7 Å². The highest BCUT2D eigenvalue weighted by Gasteiger charge is 2.18. The summed E-state index contributed by atoms with van der Waals surface area (Å²) in [6, 6.07) is 5.00. The molecule has 1 N–H and O–H groups in total. The summed E-state index contributed by atoms with van der Waals surface area (Å²) in [4.78, 5) is -0.338. The molecule has 1 aliphatic rings. The van der Waals surface area contributed by atoms with Gasteiger partial charge in [-0.15, -0.1) is 0 Å². The van der Waals surface area contributed by atoms with Gasteiger partial charge in [-0.2, -0.15) is 0 Å². The molecule has 0 spiro atoms. The Bertz CT molecular complexity index is 754. The third-order valence-electron chi connectivity index (χ3n) is 3.27. The number of nitrogens with one attached hydrogen (secondary N) is 1. The summed E-state index contributed by atoms with van der Waals surface area (Å²) in [5, 5.41) is 0. The highest BCUT2D eigenvalue weighted by Crippen LogP contribution is 2.21. The average molecular weight is 350 g/mol. The second-order valence-electron chi connectivity index (χ2n) is 4.82. The van der Waals surface area contributed by atoms with Gasteiger partial charge in [-0.25, -0.2) is 21.6 Å². The summed E-state index contributed by atoms with van der Waals surface area (Å²) in [7, 11) is -2.46. The number of hydrogen-bond donors (Lipinski definition) is 1. The van der Waals surface area contributed by atoms with E-state index in [1.54, 1.807) is 0 Å². The maximum atomic E-state index is 12.1. The van der Waals surface area contributed by atoms with E-state index in [9.17, 15) is 16.8 Å². The Hall–Kier alpha value is -0.890. The van der Waals surface area contributed by atoms with Gasteiger partial charge in [0.05, 0.1) is 9.79 Å². The van der Waals surface area contributed by atoms with Crippen LogP contribution in [-0.2, 0) is 19.1 Å².